The van der Waals surface area contributed by atoms with Gasteiger partial charge in [-0.25, -0.2) is 0 Å². The first-order valence-corrected chi connectivity index (χ1v) is 6.17. The quantitative estimate of drug-likeness (QED) is 0.705. The summed E-state index contributed by atoms with van der Waals surface area (Å²) in [5.74, 6) is 0. The highest BCUT2D eigenvalue weighted by atomic mass is 16.5. The van der Waals surface area contributed by atoms with Crippen molar-refractivity contribution in [3.63, 3.8) is 0 Å². The number of rotatable bonds is 6. The SMILES string of the molecule is CCCC1(CNCC2CCCO2)CC1. The van der Waals surface area contributed by atoms with E-state index in [1.54, 1.807) is 0 Å². The standard InChI is InChI=1S/C12H23NO/c1-2-5-12(6-7-12)10-13-9-11-4-3-8-14-11/h11,13H,2-10H2,1H3. The van der Waals surface area contributed by atoms with Crippen LogP contribution in [0.1, 0.15) is 45.4 Å². The average Bonchev–Trinajstić information content (AvgIpc) is 2.75. The van der Waals surface area contributed by atoms with Crippen molar-refractivity contribution < 1.29 is 4.74 Å². The lowest BCUT2D eigenvalue weighted by Gasteiger charge is -2.17. The Morgan fingerprint density at radius 3 is 2.86 bits per heavy atom. The van der Waals surface area contributed by atoms with Crippen molar-refractivity contribution >= 4 is 0 Å². The van der Waals surface area contributed by atoms with Gasteiger partial charge in [0.1, 0.15) is 0 Å². The Morgan fingerprint density at radius 1 is 1.43 bits per heavy atom. The zero-order chi connectivity index (χ0) is 9.86. The summed E-state index contributed by atoms with van der Waals surface area (Å²) in [5.41, 5.74) is 0.688. The molecule has 0 spiro atoms. The van der Waals surface area contributed by atoms with Gasteiger partial charge >= 0.3 is 0 Å². The van der Waals surface area contributed by atoms with Gasteiger partial charge in [-0.05, 0) is 37.5 Å². The van der Waals surface area contributed by atoms with Crippen molar-refractivity contribution in [2.45, 2.75) is 51.6 Å². The summed E-state index contributed by atoms with van der Waals surface area (Å²) in [5, 5.41) is 3.59. The summed E-state index contributed by atoms with van der Waals surface area (Å²) < 4.78 is 5.59. The third-order valence-corrected chi connectivity index (χ3v) is 3.63. The molecule has 2 fully saturated rings. The third kappa shape index (κ3) is 2.71. The lowest BCUT2D eigenvalue weighted by Crippen LogP contribution is -2.31. The molecule has 2 rings (SSSR count). The van der Waals surface area contributed by atoms with Gasteiger partial charge in [-0.15, -0.1) is 0 Å². The molecule has 0 aromatic heterocycles. The Morgan fingerprint density at radius 2 is 2.29 bits per heavy atom. The predicted molar refractivity (Wildman–Crippen MR) is 58.4 cm³/mol. The first-order valence-electron chi connectivity index (χ1n) is 6.17. The van der Waals surface area contributed by atoms with Crippen LogP contribution in [0.4, 0.5) is 0 Å². The lowest BCUT2D eigenvalue weighted by atomic mass is 10.0. The van der Waals surface area contributed by atoms with Crippen LogP contribution in [0.15, 0.2) is 0 Å². The number of hydrogen-bond acceptors (Lipinski definition) is 2. The Kier molecular flexibility index (Phi) is 3.45. The minimum absolute atomic E-state index is 0.507. The second-order valence-corrected chi connectivity index (χ2v) is 5.02. The smallest absolute Gasteiger partial charge is 0.0700 e. The van der Waals surface area contributed by atoms with Crippen LogP contribution in [0.3, 0.4) is 0 Å². The fraction of sp³-hybridized carbons (Fsp3) is 1.00. The lowest BCUT2D eigenvalue weighted by molar-refractivity contribution is 0.108. The third-order valence-electron chi connectivity index (χ3n) is 3.63. The minimum atomic E-state index is 0.507. The van der Waals surface area contributed by atoms with Gasteiger partial charge in [0, 0.05) is 19.7 Å². The molecule has 14 heavy (non-hydrogen) atoms. The van der Waals surface area contributed by atoms with Crippen molar-refractivity contribution in [2.24, 2.45) is 5.41 Å². The Labute approximate surface area is 87.4 Å². The maximum atomic E-state index is 5.59. The molecule has 1 unspecified atom stereocenters. The number of ether oxygens (including phenoxy) is 1. The van der Waals surface area contributed by atoms with Crippen molar-refractivity contribution in [1.82, 2.24) is 5.32 Å². The molecular formula is C12H23NO. The molecule has 2 aliphatic rings. The topological polar surface area (TPSA) is 21.3 Å². The molecule has 0 radical (unpaired) electrons. The van der Waals surface area contributed by atoms with Crippen LogP contribution in [-0.2, 0) is 4.74 Å². The molecule has 0 aromatic rings. The zero-order valence-corrected chi connectivity index (χ0v) is 9.35. The Balaban J connectivity index is 1.58. The zero-order valence-electron chi connectivity index (χ0n) is 9.35. The van der Waals surface area contributed by atoms with Gasteiger partial charge in [-0.2, -0.15) is 0 Å². The predicted octanol–water partition coefficient (Wildman–Crippen LogP) is 2.34. The van der Waals surface area contributed by atoms with Crippen LogP contribution in [0.5, 0.6) is 0 Å². The summed E-state index contributed by atoms with van der Waals surface area (Å²) in [4.78, 5) is 0. The summed E-state index contributed by atoms with van der Waals surface area (Å²) in [7, 11) is 0. The molecule has 82 valence electrons. The van der Waals surface area contributed by atoms with E-state index in [0.717, 1.165) is 13.2 Å². The van der Waals surface area contributed by atoms with E-state index in [-0.39, 0.29) is 0 Å². The minimum Gasteiger partial charge on any atom is -0.377 e. The molecule has 0 bridgehead atoms. The maximum Gasteiger partial charge on any atom is 0.0700 e. The molecule has 1 aliphatic carbocycles. The van der Waals surface area contributed by atoms with Crippen molar-refractivity contribution in [3.8, 4) is 0 Å². The van der Waals surface area contributed by atoms with Crippen LogP contribution in [0.25, 0.3) is 0 Å². The van der Waals surface area contributed by atoms with Crippen LogP contribution < -0.4 is 5.32 Å². The van der Waals surface area contributed by atoms with E-state index >= 15 is 0 Å². The van der Waals surface area contributed by atoms with Gasteiger partial charge in [0.15, 0.2) is 0 Å². The highest BCUT2D eigenvalue weighted by molar-refractivity contribution is 4.94. The van der Waals surface area contributed by atoms with Gasteiger partial charge in [0.05, 0.1) is 6.10 Å². The molecule has 2 heteroatoms. The van der Waals surface area contributed by atoms with E-state index in [1.165, 1.54) is 45.1 Å². The van der Waals surface area contributed by atoms with Gasteiger partial charge in [0.2, 0.25) is 0 Å². The summed E-state index contributed by atoms with van der Waals surface area (Å²) >= 11 is 0. The molecule has 0 amide bonds. The molecule has 1 atom stereocenters. The Hall–Kier alpha value is -0.0800. The normalized spacial score (nSPS) is 29.4. The van der Waals surface area contributed by atoms with Gasteiger partial charge < -0.3 is 10.1 Å². The first kappa shape index (κ1) is 10.4. The Bertz CT molecular complexity index is 171. The fourth-order valence-corrected chi connectivity index (χ4v) is 2.53. The van der Waals surface area contributed by atoms with Gasteiger partial charge in [-0.1, -0.05) is 13.3 Å². The van der Waals surface area contributed by atoms with E-state index in [1.807, 2.05) is 0 Å². The van der Waals surface area contributed by atoms with Gasteiger partial charge in [-0.3, -0.25) is 0 Å². The molecular weight excluding hydrogens is 174 g/mol. The van der Waals surface area contributed by atoms with E-state index in [0.29, 0.717) is 11.5 Å². The van der Waals surface area contributed by atoms with Crippen molar-refractivity contribution in [2.75, 3.05) is 19.7 Å². The molecule has 1 saturated heterocycles. The summed E-state index contributed by atoms with van der Waals surface area (Å²) in [6.45, 7) is 5.57. The molecule has 2 nitrogen and oxygen atoms in total. The van der Waals surface area contributed by atoms with Crippen LogP contribution in [-0.4, -0.2) is 25.8 Å². The second kappa shape index (κ2) is 4.63. The van der Waals surface area contributed by atoms with Crippen molar-refractivity contribution in [1.29, 1.82) is 0 Å². The van der Waals surface area contributed by atoms with Crippen LogP contribution in [0.2, 0.25) is 0 Å². The van der Waals surface area contributed by atoms with Crippen molar-refractivity contribution in [3.05, 3.63) is 0 Å². The van der Waals surface area contributed by atoms with E-state index < -0.39 is 0 Å². The fourth-order valence-electron chi connectivity index (χ4n) is 2.53. The molecule has 1 N–H and O–H groups in total. The number of nitrogens with one attached hydrogen (secondary N) is 1. The largest absolute Gasteiger partial charge is 0.377 e. The average molecular weight is 197 g/mol. The monoisotopic (exact) mass is 197 g/mol. The molecule has 1 aliphatic heterocycles. The first-order chi connectivity index (χ1) is 6.85. The van der Waals surface area contributed by atoms with E-state index in [4.69, 9.17) is 4.74 Å². The van der Waals surface area contributed by atoms with E-state index in [2.05, 4.69) is 12.2 Å². The van der Waals surface area contributed by atoms with E-state index in [9.17, 15) is 0 Å². The summed E-state index contributed by atoms with van der Waals surface area (Å²) in [6.07, 6.45) is 8.65. The molecule has 0 aromatic carbocycles. The maximum absolute atomic E-state index is 5.59. The highest BCUT2D eigenvalue weighted by Crippen LogP contribution is 2.48. The van der Waals surface area contributed by atoms with Crippen LogP contribution >= 0.6 is 0 Å². The highest BCUT2D eigenvalue weighted by Gasteiger charge is 2.40. The second-order valence-electron chi connectivity index (χ2n) is 5.02. The number of hydrogen-bond donors (Lipinski definition) is 1. The summed E-state index contributed by atoms with van der Waals surface area (Å²) in [6, 6.07) is 0. The molecule has 1 heterocycles. The van der Waals surface area contributed by atoms with Crippen LogP contribution in [0, 0.1) is 5.41 Å². The van der Waals surface area contributed by atoms with Gasteiger partial charge in [0.25, 0.3) is 0 Å². The molecule has 1 saturated carbocycles.